The van der Waals surface area contributed by atoms with Crippen LogP contribution in [-0.4, -0.2) is 60.3 Å². The van der Waals surface area contributed by atoms with Gasteiger partial charge in [0.1, 0.15) is 0 Å². The molecule has 1 spiro atoms. The Hall–Kier alpha value is 0.230. The van der Waals surface area contributed by atoms with E-state index in [-0.39, 0.29) is 5.60 Å². The summed E-state index contributed by atoms with van der Waals surface area (Å²) in [5.41, 5.74) is 0.230. The summed E-state index contributed by atoms with van der Waals surface area (Å²) in [6.45, 7) is 6.93. The van der Waals surface area contributed by atoms with Crippen molar-refractivity contribution >= 4 is 11.8 Å². The van der Waals surface area contributed by atoms with Crippen molar-refractivity contribution in [3.05, 3.63) is 0 Å². The van der Waals surface area contributed by atoms with E-state index in [9.17, 15) is 0 Å². The van der Waals surface area contributed by atoms with E-state index in [0.717, 1.165) is 18.7 Å². The Morgan fingerprint density at radius 2 is 2.11 bits per heavy atom. The minimum atomic E-state index is 0.230. The molecule has 0 bridgehead atoms. The Bertz CT molecular complexity index is 288. The molecule has 3 aliphatic rings. The first-order valence-corrected chi connectivity index (χ1v) is 9.17. The first kappa shape index (κ1) is 14.2. The first-order chi connectivity index (χ1) is 9.33. The minimum Gasteiger partial charge on any atom is -0.374 e. The van der Waals surface area contributed by atoms with Crippen LogP contribution in [0.1, 0.15) is 39.0 Å². The quantitative estimate of drug-likeness (QED) is 0.858. The van der Waals surface area contributed by atoms with Gasteiger partial charge in [0.05, 0.1) is 5.60 Å². The van der Waals surface area contributed by atoms with Gasteiger partial charge in [0.25, 0.3) is 0 Å². The fourth-order valence-electron chi connectivity index (χ4n) is 4.10. The van der Waals surface area contributed by atoms with Crippen LogP contribution in [0.3, 0.4) is 0 Å². The van der Waals surface area contributed by atoms with Crippen molar-refractivity contribution in [2.24, 2.45) is 0 Å². The van der Waals surface area contributed by atoms with Gasteiger partial charge in [-0.1, -0.05) is 6.92 Å². The Labute approximate surface area is 121 Å². The highest BCUT2D eigenvalue weighted by Crippen LogP contribution is 2.40. The zero-order valence-electron chi connectivity index (χ0n) is 12.2. The smallest absolute Gasteiger partial charge is 0.0795 e. The average molecular weight is 284 g/mol. The van der Waals surface area contributed by atoms with Gasteiger partial charge in [-0.25, -0.2) is 0 Å². The minimum absolute atomic E-state index is 0.230. The Kier molecular flexibility index (Phi) is 4.73. The molecule has 3 rings (SSSR count). The van der Waals surface area contributed by atoms with Crippen LogP contribution < -0.4 is 5.32 Å². The van der Waals surface area contributed by atoms with E-state index in [0.29, 0.717) is 0 Å². The molecule has 0 aliphatic carbocycles. The summed E-state index contributed by atoms with van der Waals surface area (Å²) in [5.74, 6) is 2.53. The fourth-order valence-corrected chi connectivity index (χ4v) is 5.48. The van der Waals surface area contributed by atoms with Crippen molar-refractivity contribution in [1.82, 2.24) is 10.2 Å². The third-order valence-corrected chi connectivity index (χ3v) is 6.37. The highest BCUT2D eigenvalue weighted by Gasteiger charge is 2.42. The third kappa shape index (κ3) is 3.12. The number of thioether (sulfide) groups is 1. The number of piperidine rings is 1. The maximum Gasteiger partial charge on any atom is 0.0795 e. The highest BCUT2D eigenvalue weighted by molar-refractivity contribution is 7.99. The number of ether oxygens (including phenoxy) is 1. The highest BCUT2D eigenvalue weighted by atomic mass is 32.2. The average Bonchev–Trinajstić information content (AvgIpc) is 2.89. The fraction of sp³-hybridized carbons (Fsp3) is 1.00. The number of rotatable bonds is 3. The normalized spacial score (nSPS) is 37.3. The van der Waals surface area contributed by atoms with Gasteiger partial charge in [-0.15, -0.1) is 0 Å². The molecule has 3 nitrogen and oxygen atoms in total. The molecule has 0 amide bonds. The van der Waals surface area contributed by atoms with E-state index in [2.05, 4.69) is 28.9 Å². The van der Waals surface area contributed by atoms with Crippen LogP contribution in [0.5, 0.6) is 0 Å². The maximum absolute atomic E-state index is 6.18. The molecule has 3 heterocycles. The summed E-state index contributed by atoms with van der Waals surface area (Å²) < 4.78 is 6.18. The van der Waals surface area contributed by atoms with Crippen molar-refractivity contribution in [1.29, 1.82) is 0 Å². The third-order valence-electron chi connectivity index (χ3n) is 5.15. The molecule has 2 atom stereocenters. The van der Waals surface area contributed by atoms with E-state index < -0.39 is 0 Å². The summed E-state index contributed by atoms with van der Waals surface area (Å²) in [7, 11) is 0. The molecule has 0 aromatic carbocycles. The topological polar surface area (TPSA) is 24.5 Å². The molecule has 2 unspecified atom stereocenters. The SMILES string of the molecule is CCN(C1CCNCC1)C1CCOC2(CCSC2)C1. The zero-order chi connectivity index (χ0) is 13.1. The van der Waals surface area contributed by atoms with Gasteiger partial charge in [-0.2, -0.15) is 11.8 Å². The molecule has 110 valence electrons. The molecular formula is C15H28N2OS. The molecule has 3 fully saturated rings. The molecular weight excluding hydrogens is 256 g/mol. The second-order valence-electron chi connectivity index (χ2n) is 6.29. The Balaban J connectivity index is 1.64. The maximum atomic E-state index is 6.18. The Morgan fingerprint density at radius 1 is 1.26 bits per heavy atom. The van der Waals surface area contributed by atoms with E-state index in [1.807, 2.05) is 0 Å². The van der Waals surface area contributed by atoms with E-state index >= 15 is 0 Å². The standard InChI is InChI=1S/C15H28N2OS/c1-2-17(13-3-7-16-8-4-13)14-5-9-18-15(11-14)6-10-19-12-15/h13-14,16H,2-12H2,1H3. The van der Waals surface area contributed by atoms with Gasteiger partial charge in [-0.05, 0) is 57.5 Å². The molecule has 4 heteroatoms. The summed E-state index contributed by atoms with van der Waals surface area (Å²) in [6.07, 6.45) is 6.44. The molecule has 3 saturated heterocycles. The summed E-state index contributed by atoms with van der Waals surface area (Å²) in [4.78, 5) is 2.80. The van der Waals surface area contributed by atoms with Crippen molar-refractivity contribution in [3.63, 3.8) is 0 Å². The number of nitrogens with one attached hydrogen (secondary N) is 1. The van der Waals surface area contributed by atoms with Crippen molar-refractivity contribution in [2.45, 2.75) is 56.7 Å². The van der Waals surface area contributed by atoms with Crippen molar-refractivity contribution in [3.8, 4) is 0 Å². The lowest BCUT2D eigenvalue weighted by Crippen LogP contribution is -2.53. The van der Waals surface area contributed by atoms with Crippen LogP contribution in [0.4, 0.5) is 0 Å². The number of hydrogen-bond donors (Lipinski definition) is 1. The number of hydrogen-bond acceptors (Lipinski definition) is 4. The lowest BCUT2D eigenvalue weighted by atomic mass is 9.87. The molecule has 3 aliphatic heterocycles. The van der Waals surface area contributed by atoms with Gasteiger partial charge >= 0.3 is 0 Å². The molecule has 0 radical (unpaired) electrons. The van der Waals surface area contributed by atoms with Crippen LogP contribution in [0, 0.1) is 0 Å². The van der Waals surface area contributed by atoms with E-state index in [1.165, 1.54) is 63.2 Å². The van der Waals surface area contributed by atoms with Crippen molar-refractivity contribution < 1.29 is 4.74 Å². The van der Waals surface area contributed by atoms with Crippen LogP contribution in [0.25, 0.3) is 0 Å². The largest absolute Gasteiger partial charge is 0.374 e. The zero-order valence-corrected chi connectivity index (χ0v) is 13.0. The molecule has 1 N–H and O–H groups in total. The van der Waals surface area contributed by atoms with Gasteiger partial charge in [0.2, 0.25) is 0 Å². The van der Waals surface area contributed by atoms with Gasteiger partial charge in [0, 0.05) is 24.4 Å². The van der Waals surface area contributed by atoms with Gasteiger partial charge in [-0.3, -0.25) is 4.90 Å². The predicted octanol–water partition coefficient (Wildman–Crippen LogP) is 2.12. The van der Waals surface area contributed by atoms with E-state index in [4.69, 9.17) is 4.74 Å². The Morgan fingerprint density at radius 3 is 2.79 bits per heavy atom. The number of nitrogens with zero attached hydrogens (tertiary/aromatic N) is 1. The molecule has 0 aromatic heterocycles. The van der Waals surface area contributed by atoms with Crippen LogP contribution in [-0.2, 0) is 4.74 Å². The van der Waals surface area contributed by atoms with Gasteiger partial charge < -0.3 is 10.1 Å². The van der Waals surface area contributed by atoms with E-state index in [1.54, 1.807) is 0 Å². The summed E-state index contributed by atoms with van der Waals surface area (Å²) >= 11 is 2.08. The summed E-state index contributed by atoms with van der Waals surface area (Å²) in [5, 5.41) is 3.49. The monoisotopic (exact) mass is 284 g/mol. The molecule has 19 heavy (non-hydrogen) atoms. The van der Waals surface area contributed by atoms with Crippen LogP contribution >= 0.6 is 11.8 Å². The van der Waals surface area contributed by atoms with Gasteiger partial charge in [0.15, 0.2) is 0 Å². The first-order valence-electron chi connectivity index (χ1n) is 8.01. The molecule has 0 aromatic rings. The van der Waals surface area contributed by atoms with Crippen LogP contribution in [0.15, 0.2) is 0 Å². The lowest BCUT2D eigenvalue weighted by Gasteiger charge is -2.46. The van der Waals surface area contributed by atoms with Crippen molar-refractivity contribution in [2.75, 3.05) is 37.7 Å². The lowest BCUT2D eigenvalue weighted by molar-refractivity contribution is -0.0959. The molecule has 0 saturated carbocycles. The second kappa shape index (κ2) is 6.33. The second-order valence-corrected chi connectivity index (χ2v) is 7.40. The summed E-state index contributed by atoms with van der Waals surface area (Å²) in [6, 6.07) is 1.57. The van der Waals surface area contributed by atoms with Crippen LogP contribution in [0.2, 0.25) is 0 Å². The predicted molar refractivity (Wildman–Crippen MR) is 81.9 cm³/mol.